The fourth-order valence-electron chi connectivity index (χ4n) is 5.16. The Labute approximate surface area is 227 Å². The van der Waals surface area contributed by atoms with Crippen LogP contribution in [0.25, 0.3) is 11.0 Å². The molecule has 4 rings (SSSR count). The highest BCUT2D eigenvalue weighted by molar-refractivity contribution is 6.68. The van der Waals surface area contributed by atoms with Crippen LogP contribution < -0.4 is 5.56 Å². The van der Waals surface area contributed by atoms with E-state index in [0.717, 1.165) is 6.07 Å². The maximum Gasteiger partial charge on any atom is 0.266 e. The number of methoxy groups -OCH3 is 1. The first-order valence-corrected chi connectivity index (χ1v) is 12.7. The summed E-state index contributed by atoms with van der Waals surface area (Å²) in [4.78, 5) is 37.1. The standard InChI is InChI=1S/C26H30B3F3N4O3/c1-13(15-6-5-7-16(20(15)30)21(31)32)8-19-17-9-18(23(37)35(3)22(17)34-12-33-19)25(39-4)10-14(2)36(11-25)24(38)26(27,28)29/h5-7,9-10,12-13,21H,8,11,27-29H2,1-4H3/t13-,25?/m0/s1. The molecule has 1 aliphatic heterocycles. The summed E-state index contributed by atoms with van der Waals surface area (Å²) in [7, 11) is 8.56. The number of aromatic nitrogens is 3. The number of benzene rings is 1. The number of amides is 1. The van der Waals surface area contributed by atoms with E-state index in [2.05, 4.69) is 9.97 Å². The Morgan fingerprint density at radius 1 is 1.23 bits per heavy atom. The number of nitrogens with zero attached hydrogens (tertiary/aromatic N) is 4. The Morgan fingerprint density at radius 2 is 1.90 bits per heavy atom. The van der Waals surface area contributed by atoms with Crippen LogP contribution in [0.5, 0.6) is 0 Å². The topological polar surface area (TPSA) is 77.3 Å². The van der Waals surface area contributed by atoms with Gasteiger partial charge in [0.15, 0.2) is 0 Å². The van der Waals surface area contributed by atoms with Crippen molar-refractivity contribution < 1.29 is 22.7 Å². The molecule has 39 heavy (non-hydrogen) atoms. The van der Waals surface area contributed by atoms with Gasteiger partial charge in [0.05, 0.1) is 23.4 Å². The summed E-state index contributed by atoms with van der Waals surface area (Å²) in [5.74, 6) is -1.52. The number of alkyl halides is 2. The molecule has 202 valence electrons. The average Bonchev–Trinajstić information content (AvgIpc) is 3.22. The number of aryl methyl sites for hydroxylation is 1. The fourth-order valence-corrected chi connectivity index (χ4v) is 5.16. The molecular formula is C26H30B3F3N4O3. The van der Waals surface area contributed by atoms with E-state index in [-0.39, 0.29) is 30.0 Å². The van der Waals surface area contributed by atoms with E-state index in [9.17, 15) is 22.8 Å². The number of hydrogen-bond acceptors (Lipinski definition) is 5. The maximum absolute atomic E-state index is 14.9. The van der Waals surface area contributed by atoms with Crippen LogP contribution in [0.1, 0.15) is 48.6 Å². The molecule has 3 heterocycles. The van der Waals surface area contributed by atoms with Crippen LogP contribution in [-0.2, 0) is 28.6 Å². The lowest BCUT2D eigenvalue weighted by Gasteiger charge is -2.31. The lowest BCUT2D eigenvalue weighted by atomic mass is 9.42. The third-order valence-corrected chi connectivity index (χ3v) is 7.38. The second-order valence-electron chi connectivity index (χ2n) is 11.2. The van der Waals surface area contributed by atoms with Gasteiger partial charge in [0, 0.05) is 25.2 Å². The minimum Gasteiger partial charge on any atom is -0.367 e. The Morgan fingerprint density at radius 3 is 2.51 bits per heavy atom. The van der Waals surface area contributed by atoms with E-state index in [1.807, 2.05) is 23.5 Å². The molecule has 3 aromatic rings. The van der Waals surface area contributed by atoms with E-state index in [1.165, 1.54) is 30.1 Å². The van der Waals surface area contributed by atoms with Gasteiger partial charge < -0.3 is 9.64 Å². The first kappa shape index (κ1) is 28.7. The van der Waals surface area contributed by atoms with Gasteiger partial charge in [-0.05, 0) is 42.1 Å². The van der Waals surface area contributed by atoms with Gasteiger partial charge in [-0.2, -0.15) is 0 Å². The number of carbonyl (C=O) groups is 1. The monoisotopic (exact) mass is 536 g/mol. The van der Waals surface area contributed by atoms with Crippen LogP contribution in [-0.4, -0.2) is 62.5 Å². The number of rotatable bonds is 7. The van der Waals surface area contributed by atoms with Crippen LogP contribution >= 0.6 is 0 Å². The molecule has 0 bridgehead atoms. The fraction of sp³-hybridized carbons (Fsp3) is 0.385. The van der Waals surface area contributed by atoms with Gasteiger partial charge in [0.25, 0.3) is 12.0 Å². The first-order valence-electron chi connectivity index (χ1n) is 12.7. The van der Waals surface area contributed by atoms with Crippen molar-refractivity contribution in [2.45, 2.75) is 43.3 Å². The normalized spacial score (nSPS) is 18.6. The zero-order valence-electron chi connectivity index (χ0n) is 23.2. The zero-order chi connectivity index (χ0) is 28.9. The molecule has 13 heteroatoms. The quantitative estimate of drug-likeness (QED) is 0.427. The van der Waals surface area contributed by atoms with E-state index < -0.39 is 34.4 Å². The third kappa shape index (κ3) is 5.04. The summed E-state index contributed by atoms with van der Waals surface area (Å²) in [6.07, 6.45) is 0.387. The number of halogens is 3. The van der Waals surface area contributed by atoms with Crippen molar-refractivity contribution in [2.75, 3.05) is 13.7 Å². The van der Waals surface area contributed by atoms with Crippen LogP contribution in [0.2, 0.25) is 5.11 Å². The van der Waals surface area contributed by atoms with E-state index in [4.69, 9.17) is 4.74 Å². The average molecular weight is 536 g/mol. The molecule has 1 amide bonds. The van der Waals surface area contributed by atoms with Gasteiger partial charge in [0.2, 0.25) is 5.91 Å². The van der Waals surface area contributed by atoms with Gasteiger partial charge in [-0.15, -0.1) is 0 Å². The SMILES string of the molecule is BC(B)(B)C(=O)N1CC(OC)(c2cc3c(C[C@H](C)c4cccc(C(F)F)c4F)ncnc3n(C)c2=O)C=C1C. The van der Waals surface area contributed by atoms with Crippen molar-refractivity contribution in [2.24, 2.45) is 7.05 Å². The van der Waals surface area contributed by atoms with Crippen LogP contribution in [0.15, 0.2) is 47.2 Å². The molecule has 1 unspecified atom stereocenters. The number of ether oxygens (including phenoxy) is 1. The molecule has 0 radical (unpaired) electrons. The minimum absolute atomic E-state index is 0.0984. The highest BCUT2D eigenvalue weighted by Gasteiger charge is 2.44. The zero-order valence-corrected chi connectivity index (χ0v) is 23.2. The van der Waals surface area contributed by atoms with Crippen LogP contribution in [0, 0.1) is 5.82 Å². The summed E-state index contributed by atoms with van der Waals surface area (Å²) >= 11 is 0. The highest BCUT2D eigenvalue weighted by Crippen LogP contribution is 2.38. The third-order valence-electron chi connectivity index (χ3n) is 7.38. The van der Waals surface area contributed by atoms with Crippen molar-refractivity contribution in [3.05, 3.63) is 80.9 Å². The van der Waals surface area contributed by atoms with E-state index in [1.54, 1.807) is 37.9 Å². The summed E-state index contributed by atoms with van der Waals surface area (Å²) in [5.41, 5.74) is -0.157. The van der Waals surface area contributed by atoms with Crippen molar-refractivity contribution in [3.8, 4) is 0 Å². The lowest BCUT2D eigenvalue weighted by Crippen LogP contribution is -2.45. The molecule has 1 aliphatic rings. The predicted molar refractivity (Wildman–Crippen MR) is 151 cm³/mol. The summed E-state index contributed by atoms with van der Waals surface area (Å²) in [6.45, 7) is 3.66. The smallest absolute Gasteiger partial charge is 0.266 e. The molecule has 2 atom stereocenters. The van der Waals surface area contributed by atoms with Crippen molar-refractivity contribution in [1.82, 2.24) is 19.4 Å². The first-order chi connectivity index (χ1) is 18.2. The Balaban J connectivity index is 1.82. The Bertz CT molecular complexity index is 1540. The summed E-state index contributed by atoms with van der Waals surface area (Å²) in [5, 5.41) is -0.0867. The summed E-state index contributed by atoms with van der Waals surface area (Å²) < 4.78 is 48.8. The number of hydrogen-bond donors (Lipinski definition) is 0. The van der Waals surface area contributed by atoms with Gasteiger partial charge in [0.1, 0.15) is 46.9 Å². The van der Waals surface area contributed by atoms with Crippen molar-refractivity contribution in [3.63, 3.8) is 0 Å². The number of allylic oxidation sites excluding steroid dienone is 1. The molecule has 2 aromatic heterocycles. The van der Waals surface area contributed by atoms with E-state index >= 15 is 0 Å². The second kappa shape index (κ2) is 10.3. The molecule has 0 spiro atoms. The minimum atomic E-state index is -2.92. The molecule has 0 saturated carbocycles. The molecule has 1 aromatic carbocycles. The lowest BCUT2D eigenvalue weighted by molar-refractivity contribution is -0.130. The Kier molecular flexibility index (Phi) is 7.59. The molecule has 0 saturated heterocycles. The largest absolute Gasteiger partial charge is 0.367 e. The maximum atomic E-state index is 14.9. The van der Waals surface area contributed by atoms with Gasteiger partial charge in [-0.25, -0.2) is 23.1 Å². The number of carbonyl (C=O) groups excluding carboxylic acids is 1. The molecule has 0 N–H and O–H groups in total. The molecule has 0 aliphatic carbocycles. The molecule has 7 nitrogen and oxygen atoms in total. The molecule has 0 fully saturated rings. The van der Waals surface area contributed by atoms with Gasteiger partial charge in [-0.3, -0.25) is 14.2 Å². The number of fused-ring (bicyclic) bond motifs is 1. The van der Waals surface area contributed by atoms with E-state index in [0.29, 0.717) is 28.0 Å². The summed E-state index contributed by atoms with van der Waals surface area (Å²) in [6, 6.07) is 5.65. The predicted octanol–water partition coefficient (Wildman–Crippen LogP) is 1.31. The van der Waals surface area contributed by atoms with Crippen LogP contribution in [0.4, 0.5) is 13.2 Å². The van der Waals surface area contributed by atoms with Crippen molar-refractivity contribution >= 4 is 40.5 Å². The molecular weight excluding hydrogens is 506 g/mol. The second-order valence-corrected chi connectivity index (χ2v) is 11.2. The van der Waals surface area contributed by atoms with Crippen molar-refractivity contribution in [1.29, 1.82) is 0 Å². The van der Waals surface area contributed by atoms with Gasteiger partial charge >= 0.3 is 0 Å². The number of pyridine rings is 1. The van der Waals surface area contributed by atoms with Crippen LogP contribution in [0.3, 0.4) is 0 Å². The van der Waals surface area contributed by atoms with Gasteiger partial charge in [-0.1, -0.05) is 25.1 Å². The Hall–Kier alpha value is -3.34. The highest BCUT2D eigenvalue weighted by atomic mass is 19.3.